The number of rotatable bonds is 6. The summed E-state index contributed by atoms with van der Waals surface area (Å²) < 4.78 is 0. The molecule has 0 aromatic carbocycles. The van der Waals surface area contributed by atoms with Gasteiger partial charge in [-0.15, -0.1) is 0 Å². The fourth-order valence-electron chi connectivity index (χ4n) is 1.27. The highest BCUT2D eigenvalue weighted by Crippen LogP contribution is 2.43. The van der Waals surface area contributed by atoms with Crippen LogP contribution in [0.1, 0.15) is 32.6 Å². The number of aldehydes is 1. The summed E-state index contributed by atoms with van der Waals surface area (Å²) >= 11 is 0. The van der Waals surface area contributed by atoms with E-state index in [1.54, 1.807) is 6.08 Å². The second-order valence-corrected chi connectivity index (χ2v) is 3.88. The number of allylic oxidation sites excluding steroid dienone is 2. The molecular weight excluding hydrogens is 218 g/mol. The molecule has 0 unspecified atom stereocenters. The Bertz CT molecular complexity index is 304. The Kier molecular flexibility index (Phi) is 7.14. The van der Waals surface area contributed by atoms with E-state index in [0.717, 1.165) is 26.2 Å². The van der Waals surface area contributed by atoms with Crippen LogP contribution in [0, 0.1) is 5.41 Å². The van der Waals surface area contributed by atoms with Gasteiger partial charge in [0.2, 0.25) is 5.91 Å². The molecule has 1 rings (SSSR count). The fourth-order valence-corrected chi connectivity index (χ4v) is 1.27. The minimum atomic E-state index is -0.742. The molecule has 0 bridgehead atoms. The first-order chi connectivity index (χ1) is 8.18. The second-order valence-electron chi connectivity index (χ2n) is 3.88. The zero-order valence-electron chi connectivity index (χ0n) is 10.5. The quantitative estimate of drug-likeness (QED) is 0.420. The number of amides is 1. The van der Waals surface area contributed by atoms with Gasteiger partial charge >= 0.3 is 0 Å². The molecular formula is C13H21NO3. The topological polar surface area (TPSA) is 66.4 Å². The van der Waals surface area contributed by atoms with Crippen LogP contribution >= 0.6 is 0 Å². The summed E-state index contributed by atoms with van der Waals surface area (Å²) in [6.07, 6.45) is 7.53. The molecule has 1 saturated carbocycles. The number of aliphatic hydroxyl groups is 1. The molecule has 0 aliphatic heterocycles. The van der Waals surface area contributed by atoms with Crippen molar-refractivity contribution < 1.29 is 14.7 Å². The van der Waals surface area contributed by atoms with Gasteiger partial charge in [0.25, 0.3) is 0 Å². The van der Waals surface area contributed by atoms with Crippen LogP contribution in [-0.4, -0.2) is 24.4 Å². The Balaban J connectivity index is 0.00000121. The lowest BCUT2D eigenvalue weighted by atomic mass is 10.1. The van der Waals surface area contributed by atoms with E-state index < -0.39 is 5.41 Å². The molecule has 0 aromatic rings. The lowest BCUT2D eigenvalue weighted by molar-refractivity contribution is -0.130. The van der Waals surface area contributed by atoms with Crippen LogP contribution in [0.5, 0.6) is 0 Å². The Morgan fingerprint density at radius 2 is 2.06 bits per heavy atom. The van der Waals surface area contributed by atoms with E-state index in [0.29, 0.717) is 18.5 Å². The van der Waals surface area contributed by atoms with Gasteiger partial charge in [0.1, 0.15) is 11.7 Å². The fraction of sp³-hybridized carbons (Fsp3) is 0.538. The van der Waals surface area contributed by atoms with Crippen LogP contribution in [0.4, 0.5) is 0 Å². The number of nitrogens with one attached hydrogen (secondary N) is 1. The first-order valence-electron chi connectivity index (χ1n) is 5.73. The monoisotopic (exact) mass is 239 g/mol. The summed E-state index contributed by atoms with van der Waals surface area (Å²) in [4.78, 5) is 22.4. The van der Waals surface area contributed by atoms with Crippen LogP contribution < -0.4 is 5.32 Å². The molecule has 2 N–H and O–H groups in total. The molecule has 0 heterocycles. The molecule has 4 heteroatoms. The summed E-state index contributed by atoms with van der Waals surface area (Å²) in [5.74, 6) is -0.195. The lowest BCUT2D eigenvalue weighted by Crippen LogP contribution is -2.31. The number of hydrogen-bond donors (Lipinski definition) is 2. The van der Waals surface area contributed by atoms with Gasteiger partial charge in [-0.1, -0.05) is 26.0 Å². The van der Waals surface area contributed by atoms with Gasteiger partial charge in [0.05, 0.1) is 0 Å². The van der Waals surface area contributed by atoms with Crippen molar-refractivity contribution in [1.82, 2.24) is 5.32 Å². The maximum atomic E-state index is 11.7. The number of unbranched alkanes of at least 4 members (excludes halogenated alkanes) is 1. The largest absolute Gasteiger partial charge is 0.400 e. The molecule has 1 aliphatic carbocycles. The van der Waals surface area contributed by atoms with Gasteiger partial charge in [-0.3, -0.25) is 4.79 Å². The highest BCUT2D eigenvalue weighted by molar-refractivity contribution is 6.00. The van der Waals surface area contributed by atoms with E-state index in [-0.39, 0.29) is 5.91 Å². The molecule has 1 amide bonds. The summed E-state index contributed by atoms with van der Waals surface area (Å²) in [5.41, 5.74) is -0.0381. The van der Waals surface area contributed by atoms with E-state index in [2.05, 4.69) is 18.8 Å². The van der Waals surface area contributed by atoms with Crippen molar-refractivity contribution in [2.45, 2.75) is 32.6 Å². The molecule has 1 aliphatic rings. The third kappa shape index (κ3) is 4.53. The van der Waals surface area contributed by atoms with Gasteiger partial charge < -0.3 is 15.2 Å². The van der Waals surface area contributed by atoms with Gasteiger partial charge in [-0.25, -0.2) is 0 Å². The molecule has 17 heavy (non-hydrogen) atoms. The second kappa shape index (κ2) is 7.79. The highest BCUT2D eigenvalue weighted by Gasteiger charge is 2.50. The standard InChI is InChI=1S/C12H17NO2.CH4O/c1-3-5-6-10(4-2)13-11(15)12(9-14)7-8-12;1-2/h4,6,9H,2-3,5,7-8H2,1H3,(H,13,15);2H,1H3/b10-6+;. The molecule has 1 fully saturated rings. The Labute approximate surface area is 102 Å². The van der Waals surface area contributed by atoms with E-state index in [9.17, 15) is 9.59 Å². The maximum Gasteiger partial charge on any atom is 0.237 e. The van der Waals surface area contributed by atoms with Crippen LogP contribution in [0.3, 0.4) is 0 Å². The summed E-state index contributed by atoms with van der Waals surface area (Å²) in [6.45, 7) is 5.69. The minimum absolute atomic E-state index is 0.195. The van der Waals surface area contributed by atoms with Crippen LogP contribution in [-0.2, 0) is 9.59 Å². The van der Waals surface area contributed by atoms with Crippen LogP contribution in [0.25, 0.3) is 0 Å². The van der Waals surface area contributed by atoms with Crippen molar-refractivity contribution in [3.05, 3.63) is 24.4 Å². The molecule has 0 atom stereocenters. The molecule has 4 nitrogen and oxygen atoms in total. The predicted molar refractivity (Wildman–Crippen MR) is 67.2 cm³/mol. The van der Waals surface area contributed by atoms with Crippen LogP contribution in [0.2, 0.25) is 0 Å². The normalized spacial score (nSPS) is 16.3. The summed E-state index contributed by atoms with van der Waals surface area (Å²) in [6, 6.07) is 0. The van der Waals surface area contributed by atoms with Gasteiger partial charge in [-0.2, -0.15) is 0 Å². The zero-order chi connectivity index (χ0) is 13.3. The van der Waals surface area contributed by atoms with Gasteiger partial charge in [-0.05, 0) is 25.3 Å². The maximum absolute atomic E-state index is 11.7. The molecule has 0 saturated heterocycles. The first-order valence-corrected chi connectivity index (χ1v) is 5.73. The van der Waals surface area contributed by atoms with E-state index in [4.69, 9.17) is 5.11 Å². The lowest BCUT2D eigenvalue weighted by Gasteiger charge is -2.09. The van der Waals surface area contributed by atoms with E-state index >= 15 is 0 Å². The zero-order valence-corrected chi connectivity index (χ0v) is 10.5. The van der Waals surface area contributed by atoms with E-state index in [1.807, 2.05) is 6.08 Å². The molecule has 0 aromatic heterocycles. The number of carbonyl (C=O) groups excluding carboxylic acids is 2. The van der Waals surface area contributed by atoms with Crippen molar-refractivity contribution >= 4 is 12.2 Å². The predicted octanol–water partition coefficient (Wildman–Crippen LogP) is 1.56. The van der Waals surface area contributed by atoms with Crippen molar-refractivity contribution in [1.29, 1.82) is 0 Å². The smallest absolute Gasteiger partial charge is 0.237 e. The van der Waals surface area contributed by atoms with Crippen molar-refractivity contribution in [2.24, 2.45) is 5.41 Å². The first kappa shape index (κ1) is 15.6. The van der Waals surface area contributed by atoms with Crippen molar-refractivity contribution in [2.75, 3.05) is 7.11 Å². The Morgan fingerprint density at radius 3 is 2.41 bits per heavy atom. The number of aliphatic hydroxyl groups excluding tert-OH is 1. The van der Waals surface area contributed by atoms with Crippen molar-refractivity contribution in [3.8, 4) is 0 Å². The number of carbonyl (C=O) groups is 2. The third-order valence-corrected chi connectivity index (χ3v) is 2.60. The Morgan fingerprint density at radius 1 is 1.47 bits per heavy atom. The van der Waals surface area contributed by atoms with Gasteiger partial charge in [0, 0.05) is 12.8 Å². The SMILES string of the molecule is C=C/C(=C\CCC)NC(=O)C1(C=O)CC1.CO. The summed E-state index contributed by atoms with van der Waals surface area (Å²) in [5, 5.41) is 9.73. The van der Waals surface area contributed by atoms with Crippen LogP contribution in [0.15, 0.2) is 24.4 Å². The van der Waals surface area contributed by atoms with Crippen molar-refractivity contribution in [3.63, 3.8) is 0 Å². The average molecular weight is 239 g/mol. The molecule has 0 spiro atoms. The highest BCUT2D eigenvalue weighted by atomic mass is 16.2. The summed E-state index contributed by atoms with van der Waals surface area (Å²) in [7, 11) is 1.00. The number of hydrogen-bond acceptors (Lipinski definition) is 3. The Hall–Kier alpha value is -1.42. The minimum Gasteiger partial charge on any atom is -0.400 e. The molecule has 96 valence electrons. The third-order valence-electron chi connectivity index (χ3n) is 2.60. The van der Waals surface area contributed by atoms with Gasteiger partial charge in [0.15, 0.2) is 0 Å². The average Bonchev–Trinajstić information content (AvgIpc) is 3.17. The molecule has 0 radical (unpaired) electrons. The van der Waals surface area contributed by atoms with E-state index in [1.165, 1.54) is 0 Å².